The van der Waals surface area contributed by atoms with Gasteiger partial charge in [0.2, 0.25) is 0 Å². The van der Waals surface area contributed by atoms with Crippen LogP contribution in [0.1, 0.15) is 82.1 Å². The summed E-state index contributed by atoms with van der Waals surface area (Å²) in [5, 5.41) is 10.0. The SMILES string of the molecule is CC(C)(C)[Si](C)(C)O[Si](C)(C)C(C)(C)C.CCOC(=O)[C@H](CO)N(C(=O)OC(C)(C)C)C1CC1. The third-order valence-corrected chi connectivity index (χ3v) is 18.0. The van der Waals surface area contributed by atoms with E-state index < -0.39 is 46.9 Å². The molecule has 0 heterocycles. The third kappa shape index (κ3) is 10.4. The van der Waals surface area contributed by atoms with Crippen molar-refractivity contribution >= 4 is 28.7 Å². The van der Waals surface area contributed by atoms with Crippen LogP contribution in [0.4, 0.5) is 4.79 Å². The number of esters is 1. The molecule has 0 aromatic carbocycles. The van der Waals surface area contributed by atoms with Gasteiger partial charge in [-0.2, -0.15) is 0 Å². The molecule has 0 radical (unpaired) electrons. The maximum Gasteiger partial charge on any atom is 0.411 e. The van der Waals surface area contributed by atoms with Crippen molar-refractivity contribution in [1.29, 1.82) is 0 Å². The summed E-state index contributed by atoms with van der Waals surface area (Å²) in [6.45, 7) is 30.0. The first-order valence-corrected chi connectivity index (χ1v) is 18.3. The molecule has 1 amide bonds. The van der Waals surface area contributed by atoms with Crippen molar-refractivity contribution in [3.8, 4) is 0 Å². The first-order chi connectivity index (χ1) is 15.0. The predicted molar refractivity (Wildman–Crippen MR) is 144 cm³/mol. The van der Waals surface area contributed by atoms with E-state index >= 15 is 0 Å². The van der Waals surface area contributed by atoms with Gasteiger partial charge in [-0.25, -0.2) is 9.59 Å². The zero-order valence-corrected chi connectivity index (χ0v) is 26.4. The van der Waals surface area contributed by atoms with Gasteiger partial charge in [0.1, 0.15) is 5.60 Å². The predicted octanol–water partition coefficient (Wildman–Crippen LogP) is 6.32. The number of hydrogen-bond donors (Lipinski definition) is 1. The maximum absolute atomic E-state index is 12.1. The summed E-state index contributed by atoms with van der Waals surface area (Å²) in [6, 6.07) is -1.03. The summed E-state index contributed by atoms with van der Waals surface area (Å²) < 4.78 is 16.8. The van der Waals surface area contributed by atoms with Crippen molar-refractivity contribution in [2.24, 2.45) is 0 Å². The van der Waals surface area contributed by atoms with E-state index in [0.29, 0.717) is 10.1 Å². The van der Waals surface area contributed by atoms with Crippen LogP contribution in [-0.2, 0) is 18.4 Å². The second-order valence-electron chi connectivity index (χ2n) is 13.2. The van der Waals surface area contributed by atoms with Gasteiger partial charge in [0.15, 0.2) is 22.7 Å². The molecule has 1 rings (SSSR count). The highest BCUT2D eigenvalue weighted by molar-refractivity contribution is 6.87. The molecule has 1 aliphatic carbocycles. The molecular weight excluding hydrogens is 466 g/mol. The summed E-state index contributed by atoms with van der Waals surface area (Å²) >= 11 is 0. The van der Waals surface area contributed by atoms with E-state index in [-0.39, 0.29) is 12.6 Å². The molecule has 1 aliphatic rings. The Morgan fingerprint density at radius 2 is 1.32 bits per heavy atom. The van der Waals surface area contributed by atoms with E-state index in [9.17, 15) is 14.7 Å². The van der Waals surface area contributed by atoms with Crippen LogP contribution in [0, 0.1) is 0 Å². The van der Waals surface area contributed by atoms with Crippen LogP contribution in [0.2, 0.25) is 36.3 Å². The minimum atomic E-state index is -1.59. The molecule has 1 N–H and O–H groups in total. The molecule has 0 bridgehead atoms. The Kier molecular flexibility index (Phi) is 11.6. The summed E-state index contributed by atoms with van der Waals surface area (Å²) in [5.74, 6) is -0.595. The molecule has 0 aromatic rings. The Bertz CT molecular complexity index is 646. The molecule has 1 saturated carbocycles. The molecule has 34 heavy (non-hydrogen) atoms. The average molecular weight is 520 g/mol. The van der Waals surface area contributed by atoms with E-state index in [1.807, 2.05) is 0 Å². The van der Waals surface area contributed by atoms with Gasteiger partial charge in [0.05, 0.1) is 13.2 Å². The van der Waals surface area contributed by atoms with Crippen LogP contribution in [0.15, 0.2) is 0 Å². The molecule has 1 atom stereocenters. The molecular formula is C25H53NO6Si2. The number of carbonyl (C=O) groups excluding carboxylic acids is 2. The standard InChI is InChI=1S/C13H23NO5.C12H30OSi2/c1-5-18-11(16)10(8-15)14(9-6-7-9)12(17)19-13(2,3)4;1-11(2,3)14(7,8)13-15(9,10)12(4,5)6/h9-10,15H,5-8H2,1-4H3;1-10H3/t10-;/m0./s1. The number of aliphatic hydroxyl groups is 1. The highest BCUT2D eigenvalue weighted by atomic mass is 28.4. The number of rotatable bonds is 7. The van der Waals surface area contributed by atoms with Crippen molar-refractivity contribution in [2.45, 2.75) is 136 Å². The van der Waals surface area contributed by atoms with E-state index in [2.05, 4.69) is 67.7 Å². The van der Waals surface area contributed by atoms with Gasteiger partial charge in [-0.05, 0) is 76.8 Å². The van der Waals surface area contributed by atoms with Crippen LogP contribution in [0.25, 0.3) is 0 Å². The highest BCUT2D eigenvalue weighted by Crippen LogP contribution is 2.44. The molecule has 0 aromatic heterocycles. The normalized spacial score (nSPS) is 16.2. The van der Waals surface area contributed by atoms with Gasteiger partial charge in [0, 0.05) is 6.04 Å². The van der Waals surface area contributed by atoms with E-state index in [0.717, 1.165) is 12.8 Å². The minimum absolute atomic E-state index is 0.0450. The number of carbonyl (C=O) groups is 2. The van der Waals surface area contributed by atoms with Crippen LogP contribution in [0.5, 0.6) is 0 Å². The van der Waals surface area contributed by atoms with E-state index in [1.54, 1.807) is 27.7 Å². The molecule has 7 nitrogen and oxygen atoms in total. The number of nitrogens with zero attached hydrogens (tertiary/aromatic N) is 1. The number of aliphatic hydroxyl groups excluding tert-OH is 1. The average Bonchev–Trinajstić information content (AvgIpc) is 3.40. The fourth-order valence-corrected chi connectivity index (χ4v) is 10.2. The lowest BCUT2D eigenvalue weighted by molar-refractivity contribution is -0.151. The van der Waals surface area contributed by atoms with Gasteiger partial charge in [-0.3, -0.25) is 4.90 Å². The Labute approximate surface area is 211 Å². The molecule has 0 spiro atoms. The fourth-order valence-electron chi connectivity index (χ4n) is 2.66. The van der Waals surface area contributed by atoms with E-state index in [1.165, 1.54) is 4.90 Å². The molecule has 0 unspecified atom stereocenters. The van der Waals surface area contributed by atoms with Gasteiger partial charge in [-0.15, -0.1) is 0 Å². The first-order valence-electron chi connectivity index (χ1n) is 12.5. The van der Waals surface area contributed by atoms with Crippen LogP contribution in [-0.4, -0.2) is 69.6 Å². The first kappa shape index (κ1) is 33.1. The highest BCUT2D eigenvalue weighted by Gasteiger charge is 2.46. The van der Waals surface area contributed by atoms with Gasteiger partial charge < -0.3 is 18.7 Å². The topological polar surface area (TPSA) is 85.3 Å². The van der Waals surface area contributed by atoms with Crippen LogP contribution >= 0.6 is 0 Å². The summed E-state index contributed by atoms with van der Waals surface area (Å²) in [5.41, 5.74) is -0.640. The van der Waals surface area contributed by atoms with Crippen LogP contribution < -0.4 is 0 Å². The third-order valence-electron chi connectivity index (χ3n) is 6.73. The number of ether oxygens (including phenoxy) is 2. The summed E-state index contributed by atoms with van der Waals surface area (Å²) in [4.78, 5) is 25.2. The Morgan fingerprint density at radius 1 is 0.912 bits per heavy atom. The fraction of sp³-hybridized carbons (Fsp3) is 0.920. The molecule has 202 valence electrons. The largest absolute Gasteiger partial charge is 0.464 e. The zero-order chi connectivity index (χ0) is 27.3. The van der Waals surface area contributed by atoms with Crippen LogP contribution in [0.3, 0.4) is 0 Å². The van der Waals surface area contributed by atoms with Crippen molar-refractivity contribution in [3.63, 3.8) is 0 Å². The second kappa shape index (κ2) is 11.9. The van der Waals surface area contributed by atoms with E-state index in [4.69, 9.17) is 13.6 Å². The van der Waals surface area contributed by atoms with Crippen molar-refractivity contribution in [3.05, 3.63) is 0 Å². The lowest BCUT2D eigenvalue weighted by Crippen LogP contribution is -2.53. The van der Waals surface area contributed by atoms with Crippen molar-refractivity contribution < 1.29 is 28.3 Å². The lowest BCUT2D eigenvalue weighted by Gasteiger charge is -2.47. The quantitative estimate of drug-likeness (QED) is 0.313. The Balaban J connectivity index is 0.000000661. The molecule has 1 fully saturated rings. The Hall–Kier alpha value is -0.906. The summed E-state index contributed by atoms with van der Waals surface area (Å²) in [6.07, 6.45) is 1.05. The maximum atomic E-state index is 12.1. The van der Waals surface area contributed by atoms with Gasteiger partial charge in [0.25, 0.3) is 0 Å². The zero-order valence-electron chi connectivity index (χ0n) is 24.4. The lowest BCUT2D eigenvalue weighted by atomic mass is 10.2. The number of amides is 1. The Morgan fingerprint density at radius 3 is 1.59 bits per heavy atom. The number of hydrogen-bond acceptors (Lipinski definition) is 6. The summed E-state index contributed by atoms with van der Waals surface area (Å²) in [7, 11) is -3.18. The van der Waals surface area contributed by atoms with Gasteiger partial charge in [-0.1, -0.05) is 41.5 Å². The van der Waals surface area contributed by atoms with Crippen molar-refractivity contribution in [1.82, 2.24) is 4.90 Å². The smallest absolute Gasteiger partial charge is 0.411 e. The second-order valence-corrected chi connectivity index (χ2v) is 23.0. The monoisotopic (exact) mass is 519 g/mol. The molecule has 0 aliphatic heterocycles. The minimum Gasteiger partial charge on any atom is -0.464 e. The molecule has 9 heteroatoms. The molecule has 0 saturated heterocycles. The van der Waals surface area contributed by atoms with Gasteiger partial charge >= 0.3 is 12.1 Å². The van der Waals surface area contributed by atoms with Crippen molar-refractivity contribution in [2.75, 3.05) is 13.2 Å².